The van der Waals surface area contributed by atoms with E-state index >= 15 is 0 Å². The fourth-order valence-corrected chi connectivity index (χ4v) is 3.43. The molecule has 0 spiro atoms. The van der Waals surface area contributed by atoms with E-state index in [9.17, 15) is 9.59 Å². The molecular weight excluding hydrogens is 334 g/mol. The summed E-state index contributed by atoms with van der Waals surface area (Å²) in [6.45, 7) is 4.59. The molecule has 1 saturated heterocycles. The Balaban J connectivity index is 1.57. The Morgan fingerprint density at radius 3 is 2.58 bits per heavy atom. The summed E-state index contributed by atoms with van der Waals surface area (Å²) in [4.78, 5) is 28.9. The molecule has 1 aromatic heterocycles. The first-order chi connectivity index (χ1) is 12.6. The molecule has 4 rings (SSSR count). The average Bonchev–Trinajstić information content (AvgIpc) is 3.28. The van der Waals surface area contributed by atoms with Crippen LogP contribution in [0.4, 0.5) is 0 Å². The average molecular weight is 355 g/mol. The number of carbonyl (C=O) groups excluding carboxylic acids is 2. The third kappa shape index (κ3) is 3.16. The van der Waals surface area contributed by atoms with Gasteiger partial charge in [0.05, 0.1) is 6.54 Å². The molecule has 0 bridgehead atoms. The van der Waals surface area contributed by atoms with Crippen molar-refractivity contribution in [2.45, 2.75) is 26.3 Å². The van der Waals surface area contributed by atoms with Gasteiger partial charge in [0, 0.05) is 36.8 Å². The molecule has 2 aliphatic heterocycles. The van der Waals surface area contributed by atoms with Crippen molar-refractivity contribution in [2.24, 2.45) is 0 Å². The van der Waals surface area contributed by atoms with E-state index in [1.54, 1.807) is 24.0 Å². The minimum Gasteiger partial charge on any atom is -0.491 e. The highest BCUT2D eigenvalue weighted by molar-refractivity contribution is 5.95. The van der Waals surface area contributed by atoms with Crippen molar-refractivity contribution in [3.63, 3.8) is 0 Å². The lowest BCUT2D eigenvalue weighted by Gasteiger charge is -2.19. The molecule has 1 fully saturated rings. The van der Waals surface area contributed by atoms with Crippen molar-refractivity contribution in [2.75, 3.05) is 26.2 Å². The molecule has 0 aliphatic carbocycles. The van der Waals surface area contributed by atoms with Crippen molar-refractivity contribution >= 4 is 11.8 Å². The van der Waals surface area contributed by atoms with Gasteiger partial charge in [-0.2, -0.15) is 0 Å². The normalized spacial score (nSPS) is 16.8. The van der Waals surface area contributed by atoms with Crippen LogP contribution in [0, 0.1) is 6.92 Å². The number of hydrogen-bond donors (Lipinski definition) is 0. The van der Waals surface area contributed by atoms with E-state index in [-0.39, 0.29) is 17.5 Å². The van der Waals surface area contributed by atoms with E-state index in [0.717, 1.165) is 37.2 Å². The number of aryl methyl sites for hydroxylation is 1. The van der Waals surface area contributed by atoms with Gasteiger partial charge in [-0.1, -0.05) is 5.16 Å². The van der Waals surface area contributed by atoms with E-state index in [4.69, 9.17) is 9.26 Å². The number of likely N-dealkylation sites (tertiary alicyclic amines) is 1. The number of benzene rings is 1. The van der Waals surface area contributed by atoms with E-state index in [0.29, 0.717) is 31.0 Å². The second kappa shape index (κ2) is 6.82. The van der Waals surface area contributed by atoms with E-state index in [2.05, 4.69) is 5.16 Å². The van der Waals surface area contributed by atoms with E-state index in [1.165, 1.54) is 0 Å². The zero-order chi connectivity index (χ0) is 18.1. The standard InChI is InChI=1S/C19H21N3O4/c1-13-10-16(20-26-13)19(24)22-8-9-25-17-5-4-14(11-15(17)12-22)18(23)21-6-2-3-7-21/h4-5,10-11H,2-3,6-9,12H2,1H3. The van der Waals surface area contributed by atoms with Gasteiger partial charge in [0.1, 0.15) is 18.1 Å². The van der Waals surface area contributed by atoms with Gasteiger partial charge in [-0.05, 0) is 38.0 Å². The number of nitrogens with zero attached hydrogens (tertiary/aromatic N) is 3. The largest absolute Gasteiger partial charge is 0.491 e. The summed E-state index contributed by atoms with van der Waals surface area (Å²) in [7, 11) is 0. The quantitative estimate of drug-likeness (QED) is 0.826. The van der Waals surface area contributed by atoms with Gasteiger partial charge < -0.3 is 19.1 Å². The number of fused-ring (bicyclic) bond motifs is 1. The van der Waals surface area contributed by atoms with Crippen LogP contribution in [0.25, 0.3) is 0 Å². The molecule has 0 unspecified atom stereocenters. The third-order valence-corrected chi connectivity index (χ3v) is 4.81. The second-order valence-electron chi connectivity index (χ2n) is 6.72. The molecule has 0 atom stereocenters. The molecular formula is C19H21N3O4. The number of aromatic nitrogens is 1. The van der Waals surface area contributed by atoms with E-state index in [1.807, 2.05) is 17.0 Å². The van der Waals surface area contributed by atoms with Crippen LogP contribution in [0.15, 0.2) is 28.8 Å². The predicted molar refractivity (Wildman–Crippen MR) is 93.1 cm³/mol. The van der Waals surface area contributed by atoms with Crippen LogP contribution in [-0.2, 0) is 6.54 Å². The Hall–Kier alpha value is -2.83. The first kappa shape index (κ1) is 16.6. The maximum atomic E-state index is 12.7. The summed E-state index contributed by atoms with van der Waals surface area (Å²) in [5, 5.41) is 3.81. The highest BCUT2D eigenvalue weighted by Gasteiger charge is 2.25. The lowest BCUT2D eigenvalue weighted by atomic mass is 10.1. The fourth-order valence-electron chi connectivity index (χ4n) is 3.43. The van der Waals surface area contributed by atoms with Gasteiger partial charge in [0.25, 0.3) is 11.8 Å². The summed E-state index contributed by atoms with van der Waals surface area (Å²) in [6.07, 6.45) is 2.11. The molecule has 2 aromatic rings. The minimum atomic E-state index is -0.199. The summed E-state index contributed by atoms with van der Waals surface area (Å²) < 4.78 is 10.8. The maximum Gasteiger partial charge on any atom is 0.276 e. The van der Waals surface area contributed by atoms with Gasteiger partial charge in [0.2, 0.25) is 0 Å². The first-order valence-corrected chi connectivity index (χ1v) is 8.89. The topological polar surface area (TPSA) is 75.9 Å². The van der Waals surface area contributed by atoms with Gasteiger partial charge in [0.15, 0.2) is 5.69 Å². The Kier molecular flexibility index (Phi) is 4.36. The van der Waals surface area contributed by atoms with Gasteiger partial charge in [-0.25, -0.2) is 0 Å². The SMILES string of the molecule is Cc1cc(C(=O)N2CCOc3ccc(C(=O)N4CCCC4)cc3C2)no1. The smallest absolute Gasteiger partial charge is 0.276 e. The molecule has 2 amide bonds. The van der Waals surface area contributed by atoms with E-state index < -0.39 is 0 Å². The monoisotopic (exact) mass is 355 g/mol. The second-order valence-corrected chi connectivity index (χ2v) is 6.72. The number of ether oxygens (including phenoxy) is 1. The predicted octanol–water partition coefficient (Wildman–Crippen LogP) is 2.25. The zero-order valence-corrected chi connectivity index (χ0v) is 14.7. The van der Waals surface area contributed by atoms with Crippen LogP contribution in [0.2, 0.25) is 0 Å². The molecule has 26 heavy (non-hydrogen) atoms. The summed E-state index contributed by atoms with van der Waals surface area (Å²) >= 11 is 0. The van der Waals surface area contributed by atoms with Crippen LogP contribution in [-0.4, -0.2) is 53.0 Å². The van der Waals surface area contributed by atoms with Crippen LogP contribution < -0.4 is 4.74 Å². The van der Waals surface area contributed by atoms with Gasteiger partial charge in [-0.3, -0.25) is 9.59 Å². The van der Waals surface area contributed by atoms with Crippen molar-refractivity contribution in [1.82, 2.24) is 15.0 Å². The van der Waals surface area contributed by atoms with Crippen molar-refractivity contribution in [3.05, 3.63) is 46.8 Å². The van der Waals surface area contributed by atoms with Crippen LogP contribution in [0.3, 0.4) is 0 Å². The summed E-state index contributed by atoms with van der Waals surface area (Å²) in [6, 6.07) is 7.10. The number of amides is 2. The van der Waals surface area contributed by atoms with Crippen LogP contribution in [0.5, 0.6) is 5.75 Å². The van der Waals surface area contributed by atoms with Gasteiger partial charge in [-0.15, -0.1) is 0 Å². The Labute approximate surface area is 151 Å². The molecule has 2 aliphatic rings. The molecule has 0 N–H and O–H groups in total. The third-order valence-electron chi connectivity index (χ3n) is 4.81. The number of hydrogen-bond acceptors (Lipinski definition) is 5. The number of carbonyl (C=O) groups is 2. The van der Waals surface area contributed by atoms with Crippen molar-refractivity contribution in [1.29, 1.82) is 0 Å². The molecule has 1 aromatic carbocycles. The minimum absolute atomic E-state index is 0.0412. The molecule has 3 heterocycles. The maximum absolute atomic E-state index is 12.7. The number of rotatable bonds is 2. The molecule has 0 radical (unpaired) electrons. The molecule has 136 valence electrons. The lowest BCUT2D eigenvalue weighted by molar-refractivity contribution is 0.0722. The Morgan fingerprint density at radius 1 is 1.04 bits per heavy atom. The lowest BCUT2D eigenvalue weighted by Crippen LogP contribution is -2.32. The van der Waals surface area contributed by atoms with Crippen LogP contribution >= 0.6 is 0 Å². The summed E-state index contributed by atoms with van der Waals surface area (Å²) in [5.41, 5.74) is 1.76. The summed E-state index contributed by atoms with van der Waals surface area (Å²) in [5.74, 6) is 1.15. The highest BCUT2D eigenvalue weighted by Crippen LogP contribution is 2.26. The fraction of sp³-hybridized carbons (Fsp3) is 0.421. The molecule has 0 saturated carbocycles. The van der Waals surface area contributed by atoms with Crippen LogP contribution in [0.1, 0.15) is 45.0 Å². The first-order valence-electron chi connectivity index (χ1n) is 8.89. The Morgan fingerprint density at radius 2 is 1.85 bits per heavy atom. The van der Waals surface area contributed by atoms with Gasteiger partial charge >= 0.3 is 0 Å². The Bertz CT molecular complexity index is 839. The van der Waals surface area contributed by atoms with Crippen molar-refractivity contribution < 1.29 is 18.8 Å². The zero-order valence-electron chi connectivity index (χ0n) is 14.7. The molecule has 7 nitrogen and oxygen atoms in total. The molecule has 7 heteroatoms. The highest BCUT2D eigenvalue weighted by atomic mass is 16.5. The van der Waals surface area contributed by atoms with Crippen molar-refractivity contribution in [3.8, 4) is 5.75 Å².